The molecule has 3 unspecified atom stereocenters. The molecule has 0 saturated carbocycles. The molecule has 27 heavy (non-hydrogen) atoms. The highest BCUT2D eigenvalue weighted by molar-refractivity contribution is 5.94. The lowest BCUT2D eigenvalue weighted by atomic mass is 10.2. The van der Waals surface area contributed by atoms with Gasteiger partial charge < -0.3 is 15.5 Å². The van der Waals surface area contributed by atoms with Crippen molar-refractivity contribution in [3.8, 4) is 0 Å². The number of nitrogens with zero attached hydrogens (tertiary/aromatic N) is 4. The van der Waals surface area contributed by atoms with Crippen molar-refractivity contribution in [3.63, 3.8) is 0 Å². The molecule has 4 rings (SSSR count). The SMILES string of the molecule is CC1=C(C(=O)NC2C=CC=NN2)N2NC(N3CC[C@H](N(C)C)C3)C=CC2N1. The lowest BCUT2D eigenvalue weighted by Gasteiger charge is -2.38. The summed E-state index contributed by atoms with van der Waals surface area (Å²) >= 11 is 0. The van der Waals surface area contributed by atoms with Gasteiger partial charge in [-0.1, -0.05) is 6.08 Å². The summed E-state index contributed by atoms with van der Waals surface area (Å²) in [5, 5.41) is 12.2. The monoisotopic (exact) mass is 372 g/mol. The first kappa shape index (κ1) is 18.0. The topological polar surface area (TPSA) is 87.3 Å². The average Bonchev–Trinajstić information content (AvgIpc) is 3.26. The van der Waals surface area contributed by atoms with E-state index in [1.807, 2.05) is 24.1 Å². The number of fused-ring (bicyclic) bond motifs is 1. The van der Waals surface area contributed by atoms with Gasteiger partial charge in [0.05, 0.1) is 6.17 Å². The van der Waals surface area contributed by atoms with Crippen LogP contribution in [0.25, 0.3) is 0 Å². The predicted molar refractivity (Wildman–Crippen MR) is 104 cm³/mol. The van der Waals surface area contributed by atoms with Crippen molar-refractivity contribution in [3.05, 3.63) is 35.7 Å². The van der Waals surface area contributed by atoms with Gasteiger partial charge >= 0.3 is 0 Å². The van der Waals surface area contributed by atoms with Crippen LogP contribution in [0.4, 0.5) is 0 Å². The highest BCUT2D eigenvalue weighted by Crippen LogP contribution is 2.25. The van der Waals surface area contributed by atoms with Gasteiger partial charge in [-0.25, -0.2) is 5.43 Å². The smallest absolute Gasteiger partial charge is 0.272 e. The van der Waals surface area contributed by atoms with Gasteiger partial charge in [-0.05, 0) is 45.7 Å². The molecule has 4 aliphatic heterocycles. The summed E-state index contributed by atoms with van der Waals surface area (Å²) in [5.74, 6) is -0.143. The van der Waals surface area contributed by atoms with E-state index < -0.39 is 0 Å². The molecule has 1 saturated heterocycles. The Morgan fingerprint density at radius 1 is 1.30 bits per heavy atom. The summed E-state index contributed by atoms with van der Waals surface area (Å²) in [7, 11) is 4.26. The largest absolute Gasteiger partial charge is 0.363 e. The van der Waals surface area contributed by atoms with E-state index >= 15 is 0 Å². The van der Waals surface area contributed by atoms with Crippen LogP contribution >= 0.6 is 0 Å². The number of likely N-dealkylation sites (tertiary alicyclic amines) is 1. The van der Waals surface area contributed by atoms with Crippen molar-refractivity contribution in [2.75, 3.05) is 27.2 Å². The maximum Gasteiger partial charge on any atom is 0.272 e. The zero-order chi connectivity index (χ0) is 19.0. The Bertz CT molecular complexity index is 712. The number of hydrogen-bond acceptors (Lipinski definition) is 8. The Morgan fingerprint density at radius 2 is 2.11 bits per heavy atom. The van der Waals surface area contributed by atoms with Crippen LogP contribution in [-0.4, -0.2) is 78.7 Å². The number of amides is 1. The van der Waals surface area contributed by atoms with Crippen LogP contribution in [0.2, 0.25) is 0 Å². The highest BCUT2D eigenvalue weighted by Gasteiger charge is 2.38. The second-order valence-corrected chi connectivity index (χ2v) is 7.54. The van der Waals surface area contributed by atoms with Crippen LogP contribution in [-0.2, 0) is 4.79 Å². The molecule has 9 heteroatoms. The van der Waals surface area contributed by atoms with Gasteiger partial charge in [-0.15, -0.1) is 0 Å². The molecule has 146 valence electrons. The number of rotatable bonds is 4. The van der Waals surface area contributed by atoms with Crippen LogP contribution in [0.1, 0.15) is 13.3 Å². The average molecular weight is 372 g/mol. The van der Waals surface area contributed by atoms with Crippen LogP contribution in [0, 0.1) is 0 Å². The molecule has 0 bridgehead atoms. The van der Waals surface area contributed by atoms with E-state index in [4.69, 9.17) is 0 Å². The molecule has 0 radical (unpaired) electrons. The minimum Gasteiger partial charge on any atom is -0.363 e. The zero-order valence-electron chi connectivity index (χ0n) is 16.0. The number of likely N-dealkylation sites (N-methyl/N-ethyl adjacent to an activating group) is 1. The number of nitrogens with one attached hydrogen (secondary N) is 4. The van der Waals surface area contributed by atoms with E-state index in [1.165, 1.54) is 0 Å². The fourth-order valence-electron chi connectivity index (χ4n) is 3.94. The molecular formula is C18H28N8O. The number of hydrazone groups is 1. The van der Waals surface area contributed by atoms with Crippen molar-refractivity contribution in [2.24, 2.45) is 5.10 Å². The van der Waals surface area contributed by atoms with Crippen molar-refractivity contribution < 1.29 is 4.79 Å². The third-order valence-corrected chi connectivity index (χ3v) is 5.48. The molecule has 0 aromatic heterocycles. The molecule has 4 heterocycles. The number of carbonyl (C=O) groups is 1. The van der Waals surface area contributed by atoms with E-state index in [0.29, 0.717) is 11.7 Å². The third kappa shape index (κ3) is 3.58. The molecule has 9 nitrogen and oxygen atoms in total. The molecule has 0 aromatic carbocycles. The van der Waals surface area contributed by atoms with Crippen molar-refractivity contribution >= 4 is 12.1 Å². The molecule has 0 aliphatic carbocycles. The standard InChI is InChI=1S/C18H28N8O/c1-12-17(18(27)21-14-5-4-9-19-22-14)26-15(20-12)6-7-16(23-26)25-10-8-13(11-25)24(2)3/h4-7,9,13-16,20,22-23H,8,10-11H2,1-3H3,(H,21,27)/t13-,14?,15?,16?/m0/s1. The second kappa shape index (κ2) is 7.34. The summed E-state index contributed by atoms with van der Waals surface area (Å²) < 4.78 is 0. The van der Waals surface area contributed by atoms with Crippen molar-refractivity contribution in [1.29, 1.82) is 0 Å². The van der Waals surface area contributed by atoms with Crippen LogP contribution in [0.5, 0.6) is 0 Å². The fourth-order valence-corrected chi connectivity index (χ4v) is 3.94. The van der Waals surface area contributed by atoms with Gasteiger partial charge in [0.15, 0.2) is 0 Å². The first-order chi connectivity index (χ1) is 13.0. The van der Waals surface area contributed by atoms with Crippen LogP contribution in [0.3, 0.4) is 0 Å². The summed E-state index contributed by atoms with van der Waals surface area (Å²) in [6.45, 7) is 3.98. The lowest BCUT2D eigenvalue weighted by Crippen LogP contribution is -2.59. The predicted octanol–water partition coefficient (Wildman–Crippen LogP) is -0.927. The summed E-state index contributed by atoms with van der Waals surface area (Å²) in [6, 6.07) is 0.569. The van der Waals surface area contributed by atoms with Gasteiger partial charge in [0, 0.05) is 31.0 Å². The Balaban J connectivity index is 1.43. The Hall–Kier alpha value is -2.36. The van der Waals surface area contributed by atoms with Gasteiger partial charge in [0.25, 0.3) is 5.91 Å². The molecule has 0 aromatic rings. The minimum absolute atomic E-state index is 0.0536. The normalized spacial score (nSPS) is 32.7. The van der Waals surface area contributed by atoms with Gasteiger partial charge in [-0.3, -0.25) is 20.1 Å². The fraction of sp³-hybridized carbons (Fsp3) is 0.556. The third-order valence-electron chi connectivity index (χ3n) is 5.48. The maximum absolute atomic E-state index is 12.9. The van der Waals surface area contributed by atoms with Crippen molar-refractivity contribution in [1.82, 2.24) is 36.3 Å². The number of allylic oxidation sites excluding steroid dienone is 2. The molecule has 0 spiro atoms. The lowest BCUT2D eigenvalue weighted by molar-refractivity contribution is -0.120. The van der Waals surface area contributed by atoms with Crippen LogP contribution in [0.15, 0.2) is 40.8 Å². The summed E-state index contributed by atoms with van der Waals surface area (Å²) in [6.07, 6.45) is 10.5. The van der Waals surface area contributed by atoms with E-state index in [2.05, 4.69) is 62.6 Å². The molecule has 1 amide bonds. The van der Waals surface area contributed by atoms with E-state index in [9.17, 15) is 4.79 Å². The molecule has 1 fully saturated rings. The number of hydrogen-bond donors (Lipinski definition) is 4. The first-order valence-electron chi connectivity index (χ1n) is 9.41. The van der Waals surface area contributed by atoms with Crippen LogP contribution < -0.4 is 21.5 Å². The Labute approximate surface area is 159 Å². The molecule has 4 atom stereocenters. The molecule has 4 N–H and O–H groups in total. The quantitative estimate of drug-likeness (QED) is 0.475. The Kier molecular flexibility index (Phi) is 4.90. The Morgan fingerprint density at radius 3 is 2.81 bits per heavy atom. The second-order valence-electron chi connectivity index (χ2n) is 7.54. The van der Waals surface area contributed by atoms with E-state index in [1.54, 1.807) is 6.21 Å². The minimum atomic E-state index is -0.308. The first-order valence-corrected chi connectivity index (χ1v) is 9.41. The van der Waals surface area contributed by atoms with E-state index in [-0.39, 0.29) is 24.4 Å². The maximum atomic E-state index is 12.9. The highest BCUT2D eigenvalue weighted by atomic mass is 16.2. The van der Waals surface area contributed by atoms with Gasteiger partial charge in [0.1, 0.15) is 18.0 Å². The summed E-state index contributed by atoms with van der Waals surface area (Å²) in [5.41, 5.74) is 7.86. The van der Waals surface area contributed by atoms with Gasteiger partial charge in [-0.2, -0.15) is 5.10 Å². The molecular weight excluding hydrogens is 344 g/mol. The molecule has 4 aliphatic rings. The van der Waals surface area contributed by atoms with Crippen molar-refractivity contribution in [2.45, 2.75) is 37.9 Å². The summed E-state index contributed by atoms with van der Waals surface area (Å²) in [4.78, 5) is 17.6. The van der Waals surface area contributed by atoms with E-state index in [0.717, 1.165) is 25.2 Å². The number of hydrazine groups is 1. The van der Waals surface area contributed by atoms with Gasteiger partial charge in [0.2, 0.25) is 0 Å². The number of carbonyl (C=O) groups excluding carboxylic acids is 1. The zero-order valence-corrected chi connectivity index (χ0v) is 16.0.